The van der Waals surface area contributed by atoms with Crippen molar-refractivity contribution in [3.8, 4) is 5.75 Å². The molecule has 1 aromatic carbocycles. The molecule has 0 aliphatic carbocycles. The molecule has 25 heavy (non-hydrogen) atoms. The van der Waals surface area contributed by atoms with Crippen LogP contribution >= 0.6 is 0 Å². The van der Waals surface area contributed by atoms with Crippen LogP contribution in [0, 0.1) is 0 Å². The molecule has 1 aromatic rings. The second kappa shape index (κ2) is 8.54. The summed E-state index contributed by atoms with van der Waals surface area (Å²) in [6.07, 6.45) is 4.33. The average molecular weight is 347 g/mol. The minimum atomic E-state index is -0.0576. The van der Waals surface area contributed by atoms with Crippen LogP contribution in [0.3, 0.4) is 0 Å². The molecule has 2 aliphatic rings. The van der Waals surface area contributed by atoms with Crippen LogP contribution in [0.25, 0.3) is 0 Å². The molecule has 0 radical (unpaired) electrons. The number of rotatable bonds is 4. The molecule has 2 fully saturated rings. The highest BCUT2D eigenvalue weighted by Crippen LogP contribution is 2.23. The molecule has 2 amide bonds. The van der Waals surface area contributed by atoms with Gasteiger partial charge in [0.05, 0.1) is 7.11 Å². The van der Waals surface area contributed by atoms with E-state index >= 15 is 0 Å². The molecule has 0 unspecified atom stereocenters. The zero-order valence-corrected chi connectivity index (χ0v) is 15.2. The third-order valence-corrected chi connectivity index (χ3v) is 5.40. The normalized spacial score (nSPS) is 20.2. The molecule has 138 valence electrons. The standard InChI is InChI=1S/C19H29N3O3/c1-21(19(23)20-15-4-3-5-18(14-15)24-2)16-6-10-22(11-7-16)17-8-12-25-13-9-17/h3-5,14,16-17H,6-13H2,1-2H3,(H,20,23). The van der Waals surface area contributed by atoms with Crippen LogP contribution in [-0.2, 0) is 4.74 Å². The van der Waals surface area contributed by atoms with E-state index in [2.05, 4.69) is 10.2 Å². The van der Waals surface area contributed by atoms with E-state index in [0.717, 1.165) is 63.4 Å². The highest BCUT2D eigenvalue weighted by Gasteiger charge is 2.29. The van der Waals surface area contributed by atoms with Crippen molar-refractivity contribution in [1.29, 1.82) is 0 Å². The molecule has 3 rings (SSSR count). The van der Waals surface area contributed by atoms with E-state index in [-0.39, 0.29) is 6.03 Å². The van der Waals surface area contributed by atoms with Crippen molar-refractivity contribution in [2.75, 3.05) is 45.8 Å². The van der Waals surface area contributed by atoms with Gasteiger partial charge in [0, 0.05) is 57.2 Å². The highest BCUT2D eigenvalue weighted by molar-refractivity contribution is 5.89. The number of hydrogen-bond acceptors (Lipinski definition) is 4. The van der Waals surface area contributed by atoms with E-state index in [1.165, 1.54) is 0 Å². The van der Waals surface area contributed by atoms with Gasteiger partial charge in [-0.05, 0) is 37.8 Å². The Balaban J connectivity index is 1.49. The van der Waals surface area contributed by atoms with E-state index in [0.29, 0.717) is 12.1 Å². The number of nitrogens with one attached hydrogen (secondary N) is 1. The monoisotopic (exact) mass is 347 g/mol. The van der Waals surface area contributed by atoms with Gasteiger partial charge >= 0.3 is 6.03 Å². The summed E-state index contributed by atoms with van der Waals surface area (Å²) in [6, 6.07) is 8.35. The fourth-order valence-corrected chi connectivity index (χ4v) is 3.77. The molecule has 2 aliphatic heterocycles. The Labute approximate surface area is 150 Å². The predicted octanol–water partition coefficient (Wildman–Crippen LogP) is 2.80. The first kappa shape index (κ1) is 18.0. The summed E-state index contributed by atoms with van der Waals surface area (Å²) in [7, 11) is 3.52. The first-order chi connectivity index (χ1) is 12.2. The number of carbonyl (C=O) groups is 1. The van der Waals surface area contributed by atoms with Gasteiger partial charge in [0.15, 0.2) is 0 Å². The zero-order valence-electron chi connectivity index (χ0n) is 15.2. The van der Waals surface area contributed by atoms with Crippen LogP contribution in [-0.4, -0.2) is 68.4 Å². The number of anilines is 1. The SMILES string of the molecule is COc1cccc(NC(=O)N(C)C2CCN(C3CCOCC3)CC2)c1. The van der Waals surface area contributed by atoms with E-state index in [1.807, 2.05) is 36.2 Å². The molecule has 0 aromatic heterocycles. The van der Waals surface area contributed by atoms with Gasteiger partial charge in [-0.25, -0.2) is 4.79 Å². The Kier molecular flexibility index (Phi) is 6.15. The number of likely N-dealkylation sites (tertiary alicyclic amines) is 1. The number of urea groups is 1. The topological polar surface area (TPSA) is 54.0 Å². The van der Waals surface area contributed by atoms with Crippen LogP contribution in [0.5, 0.6) is 5.75 Å². The zero-order chi connectivity index (χ0) is 17.6. The summed E-state index contributed by atoms with van der Waals surface area (Å²) in [6.45, 7) is 3.89. The second-order valence-corrected chi connectivity index (χ2v) is 6.88. The Hall–Kier alpha value is -1.79. The van der Waals surface area contributed by atoms with Crippen molar-refractivity contribution in [3.05, 3.63) is 24.3 Å². The van der Waals surface area contributed by atoms with Gasteiger partial charge in [-0.2, -0.15) is 0 Å². The van der Waals surface area contributed by atoms with Crippen LogP contribution in [0.4, 0.5) is 10.5 Å². The summed E-state index contributed by atoms with van der Waals surface area (Å²) in [4.78, 5) is 17.0. The number of nitrogens with zero attached hydrogens (tertiary/aromatic N) is 2. The molecule has 2 heterocycles. The summed E-state index contributed by atoms with van der Waals surface area (Å²) < 4.78 is 10.7. The van der Waals surface area contributed by atoms with Gasteiger partial charge in [-0.1, -0.05) is 6.07 Å². The number of ether oxygens (including phenoxy) is 2. The van der Waals surface area contributed by atoms with Gasteiger partial charge < -0.3 is 24.6 Å². The summed E-state index contributed by atoms with van der Waals surface area (Å²) in [5, 5.41) is 2.97. The van der Waals surface area contributed by atoms with Crippen molar-refractivity contribution in [2.24, 2.45) is 0 Å². The smallest absolute Gasteiger partial charge is 0.321 e. The lowest BCUT2D eigenvalue weighted by molar-refractivity contribution is 0.0190. The van der Waals surface area contributed by atoms with Gasteiger partial charge in [0.2, 0.25) is 0 Å². The lowest BCUT2D eigenvalue weighted by atomic mass is 9.99. The summed E-state index contributed by atoms with van der Waals surface area (Å²) >= 11 is 0. The van der Waals surface area contributed by atoms with Crippen LogP contribution < -0.4 is 10.1 Å². The maximum atomic E-state index is 12.5. The first-order valence-electron chi connectivity index (χ1n) is 9.17. The van der Waals surface area contributed by atoms with Gasteiger partial charge in [-0.15, -0.1) is 0 Å². The Morgan fingerprint density at radius 2 is 1.96 bits per heavy atom. The highest BCUT2D eigenvalue weighted by atomic mass is 16.5. The lowest BCUT2D eigenvalue weighted by Gasteiger charge is -2.41. The quantitative estimate of drug-likeness (QED) is 0.910. The predicted molar refractivity (Wildman–Crippen MR) is 98.2 cm³/mol. The number of benzene rings is 1. The average Bonchev–Trinajstić information content (AvgIpc) is 2.68. The maximum Gasteiger partial charge on any atom is 0.321 e. The number of methoxy groups -OCH3 is 1. The summed E-state index contributed by atoms with van der Waals surface area (Å²) in [5.74, 6) is 0.741. The van der Waals surface area contributed by atoms with Crippen molar-refractivity contribution in [3.63, 3.8) is 0 Å². The van der Waals surface area contributed by atoms with E-state index in [4.69, 9.17) is 9.47 Å². The Bertz CT molecular complexity index is 567. The van der Waals surface area contributed by atoms with Crippen molar-refractivity contribution in [2.45, 2.75) is 37.8 Å². The number of hydrogen-bond donors (Lipinski definition) is 1. The number of amides is 2. The Morgan fingerprint density at radius 3 is 2.64 bits per heavy atom. The van der Waals surface area contributed by atoms with Crippen LogP contribution in [0.2, 0.25) is 0 Å². The maximum absolute atomic E-state index is 12.5. The van der Waals surface area contributed by atoms with Gasteiger partial charge in [0.1, 0.15) is 5.75 Å². The van der Waals surface area contributed by atoms with Crippen LogP contribution in [0.15, 0.2) is 24.3 Å². The Morgan fingerprint density at radius 1 is 1.24 bits per heavy atom. The van der Waals surface area contributed by atoms with Gasteiger partial charge in [-0.3, -0.25) is 0 Å². The van der Waals surface area contributed by atoms with Crippen molar-refractivity contribution < 1.29 is 14.3 Å². The van der Waals surface area contributed by atoms with Gasteiger partial charge in [0.25, 0.3) is 0 Å². The first-order valence-corrected chi connectivity index (χ1v) is 9.17. The molecule has 6 heteroatoms. The van der Waals surface area contributed by atoms with E-state index in [1.54, 1.807) is 7.11 Å². The molecular formula is C19H29N3O3. The van der Waals surface area contributed by atoms with Crippen LogP contribution in [0.1, 0.15) is 25.7 Å². The lowest BCUT2D eigenvalue weighted by Crippen LogP contribution is -2.50. The molecule has 2 saturated heterocycles. The summed E-state index contributed by atoms with van der Waals surface area (Å²) in [5.41, 5.74) is 0.760. The minimum absolute atomic E-state index is 0.0576. The van der Waals surface area contributed by atoms with Crippen molar-refractivity contribution in [1.82, 2.24) is 9.80 Å². The fourth-order valence-electron chi connectivity index (χ4n) is 3.77. The van der Waals surface area contributed by atoms with E-state index in [9.17, 15) is 4.79 Å². The third kappa shape index (κ3) is 4.64. The minimum Gasteiger partial charge on any atom is -0.497 e. The fraction of sp³-hybridized carbons (Fsp3) is 0.632. The molecule has 6 nitrogen and oxygen atoms in total. The van der Waals surface area contributed by atoms with Crippen molar-refractivity contribution >= 4 is 11.7 Å². The van der Waals surface area contributed by atoms with E-state index < -0.39 is 0 Å². The largest absolute Gasteiger partial charge is 0.497 e. The third-order valence-electron chi connectivity index (χ3n) is 5.40. The molecule has 0 atom stereocenters. The molecule has 0 saturated carbocycles. The molecule has 1 N–H and O–H groups in total. The number of piperidine rings is 1. The second-order valence-electron chi connectivity index (χ2n) is 6.88. The molecular weight excluding hydrogens is 318 g/mol. The molecule has 0 bridgehead atoms. The molecule has 0 spiro atoms. The number of carbonyl (C=O) groups excluding carboxylic acids is 1.